The van der Waals surface area contributed by atoms with Gasteiger partial charge >= 0.3 is 0 Å². The standard InChI is InChI=1S/C17H13Cl2NO3S/c18-12-3-1-11(2-4-12)15-16(17(15,9-20)10-21)24(22,23)14-7-5-13(19)6-8-14/h1-8,15-16,21H,10H2/t15-,16-,17+/m1/s1. The molecule has 0 aromatic heterocycles. The van der Waals surface area contributed by atoms with Gasteiger partial charge in [0.05, 0.1) is 22.8 Å². The monoisotopic (exact) mass is 381 g/mol. The Labute approximate surface area is 150 Å². The van der Waals surface area contributed by atoms with Crippen LogP contribution in [0, 0.1) is 16.7 Å². The van der Waals surface area contributed by atoms with Crippen molar-refractivity contribution in [1.82, 2.24) is 0 Å². The van der Waals surface area contributed by atoms with E-state index in [9.17, 15) is 18.8 Å². The van der Waals surface area contributed by atoms with Crippen LogP contribution in [-0.2, 0) is 9.84 Å². The number of nitrogens with zero attached hydrogens (tertiary/aromatic N) is 1. The largest absolute Gasteiger partial charge is 0.395 e. The summed E-state index contributed by atoms with van der Waals surface area (Å²) in [7, 11) is -3.80. The zero-order valence-corrected chi connectivity index (χ0v) is 14.7. The highest BCUT2D eigenvalue weighted by molar-refractivity contribution is 7.92. The zero-order chi connectivity index (χ0) is 17.5. The maximum atomic E-state index is 13.0. The molecular formula is C17H13Cl2NO3S. The summed E-state index contributed by atoms with van der Waals surface area (Å²) >= 11 is 11.7. The molecule has 1 aliphatic carbocycles. The summed E-state index contributed by atoms with van der Waals surface area (Å²) in [5.41, 5.74) is -0.690. The van der Waals surface area contributed by atoms with E-state index in [0.29, 0.717) is 15.6 Å². The van der Waals surface area contributed by atoms with E-state index in [1.165, 1.54) is 24.3 Å². The quantitative estimate of drug-likeness (QED) is 0.879. The average molecular weight is 382 g/mol. The minimum absolute atomic E-state index is 0.0847. The highest BCUT2D eigenvalue weighted by Gasteiger charge is 2.72. The number of benzene rings is 2. The Morgan fingerprint density at radius 2 is 1.54 bits per heavy atom. The second kappa shape index (κ2) is 6.05. The first kappa shape index (κ1) is 17.2. The molecule has 124 valence electrons. The lowest BCUT2D eigenvalue weighted by molar-refractivity contribution is 0.242. The molecule has 1 fully saturated rings. The van der Waals surface area contributed by atoms with Crippen molar-refractivity contribution in [2.45, 2.75) is 16.1 Å². The second-order valence-electron chi connectivity index (χ2n) is 5.76. The fourth-order valence-corrected chi connectivity index (χ4v) is 5.70. The number of rotatable bonds is 4. The number of halogens is 2. The van der Waals surface area contributed by atoms with Gasteiger partial charge < -0.3 is 5.11 Å². The van der Waals surface area contributed by atoms with Crippen molar-refractivity contribution >= 4 is 33.0 Å². The fourth-order valence-electron chi connectivity index (χ4n) is 3.13. The van der Waals surface area contributed by atoms with Gasteiger partial charge in [-0.05, 0) is 42.0 Å². The Balaban J connectivity index is 2.06. The summed E-state index contributed by atoms with van der Waals surface area (Å²) in [6, 6.07) is 14.5. The van der Waals surface area contributed by atoms with Crippen molar-refractivity contribution < 1.29 is 13.5 Å². The van der Waals surface area contributed by atoms with E-state index < -0.39 is 33.0 Å². The maximum absolute atomic E-state index is 13.0. The number of nitriles is 1. The molecule has 1 saturated carbocycles. The van der Waals surface area contributed by atoms with Crippen molar-refractivity contribution in [2.24, 2.45) is 5.41 Å². The summed E-state index contributed by atoms with van der Waals surface area (Å²) in [5.74, 6) is -0.606. The van der Waals surface area contributed by atoms with Gasteiger partial charge in [-0.3, -0.25) is 0 Å². The molecular weight excluding hydrogens is 369 g/mol. The van der Waals surface area contributed by atoms with E-state index in [4.69, 9.17) is 23.2 Å². The first-order valence-corrected chi connectivity index (χ1v) is 9.44. The Morgan fingerprint density at radius 1 is 1.04 bits per heavy atom. The van der Waals surface area contributed by atoms with E-state index in [2.05, 4.69) is 0 Å². The Kier molecular flexibility index (Phi) is 4.35. The van der Waals surface area contributed by atoms with Crippen molar-refractivity contribution in [2.75, 3.05) is 6.61 Å². The highest BCUT2D eigenvalue weighted by Crippen LogP contribution is 2.63. The van der Waals surface area contributed by atoms with Crippen LogP contribution < -0.4 is 0 Å². The zero-order valence-electron chi connectivity index (χ0n) is 12.4. The lowest BCUT2D eigenvalue weighted by Gasteiger charge is -2.06. The van der Waals surface area contributed by atoms with Gasteiger partial charge in [0, 0.05) is 16.0 Å². The minimum Gasteiger partial charge on any atom is -0.395 e. The van der Waals surface area contributed by atoms with Crippen molar-refractivity contribution in [3.63, 3.8) is 0 Å². The Hall–Kier alpha value is -1.58. The smallest absolute Gasteiger partial charge is 0.183 e. The second-order valence-corrected chi connectivity index (χ2v) is 8.70. The maximum Gasteiger partial charge on any atom is 0.183 e. The van der Waals surface area contributed by atoms with Crippen LogP contribution in [0.2, 0.25) is 10.0 Å². The van der Waals surface area contributed by atoms with Gasteiger partial charge in [0.2, 0.25) is 0 Å². The third kappa shape index (κ3) is 2.60. The molecule has 0 aliphatic heterocycles. The van der Waals surface area contributed by atoms with Gasteiger partial charge in [-0.1, -0.05) is 35.3 Å². The molecule has 3 rings (SSSR count). The summed E-state index contributed by atoms with van der Waals surface area (Å²) in [4.78, 5) is 0.0847. The number of hydrogen-bond donors (Lipinski definition) is 1. The first-order valence-electron chi connectivity index (χ1n) is 7.14. The molecule has 0 bridgehead atoms. The van der Waals surface area contributed by atoms with E-state index in [-0.39, 0.29) is 4.90 Å². The molecule has 1 aliphatic rings. The number of hydrogen-bond acceptors (Lipinski definition) is 4. The Morgan fingerprint density at radius 3 is 2.00 bits per heavy atom. The fraction of sp³-hybridized carbons (Fsp3) is 0.235. The van der Waals surface area contributed by atoms with Gasteiger partial charge in [0.15, 0.2) is 9.84 Å². The van der Waals surface area contributed by atoms with Gasteiger partial charge in [-0.25, -0.2) is 8.42 Å². The average Bonchev–Trinajstić information content (AvgIpc) is 3.26. The molecule has 24 heavy (non-hydrogen) atoms. The van der Waals surface area contributed by atoms with Crippen LogP contribution in [-0.4, -0.2) is 25.4 Å². The van der Waals surface area contributed by atoms with Crippen LogP contribution in [0.25, 0.3) is 0 Å². The van der Waals surface area contributed by atoms with Crippen LogP contribution in [0.1, 0.15) is 11.5 Å². The molecule has 7 heteroatoms. The number of aliphatic hydroxyl groups is 1. The molecule has 3 atom stereocenters. The molecule has 0 unspecified atom stereocenters. The lowest BCUT2D eigenvalue weighted by atomic mass is 10.0. The van der Waals surface area contributed by atoms with Gasteiger partial charge in [-0.2, -0.15) is 5.26 Å². The molecule has 0 saturated heterocycles. The first-order chi connectivity index (χ1) is 11.4. The molecule has 0 spiro atoms. The molecule has 2 aromatic rings. The SMILES string of the molecule is N#C[C@]1(CO)[C@H](c2ccc(Cl)cc2)[C@H]1S(=O)(=O)c1ccc(Cl)cc1. The van der Waals surface area contributed by atoms with Crippen LogP contribution in [0.15, 0.2) is 53.4 Å². The van der Waals surface area contributed by atoms with Gasteiger partial charge in [-0.15, -0.1) is 0 Å². The lowest BCUT2D eigenvalue weighted by Crippen LogP contribution is -2.18. The van der Waals surface area contributed by atoms with E-state index in [1.807, 2.05) is 6.07 Å². The minimum atomic E-state index is -3.80. The van der Waals surface area contributed by atoms with E-state index in [1.54, 1.807) is 24.3 Å². The predicted octanol–water partition coefficient (Wildman–Crippen LogP) is 3.44. The Bertz CT molecular complexity index is 904. The summed E-state index contributed by atoms with van der Waals surface area (Å²) in [5, 5.41) is 19.2. The summed E-state index contributed by atoms with van der Waals surface area (Å²) < 4.78 is 25.9. The predicted molar refractivity (Wildman–Crippen MR) is 91.8 cm³/mol. The van der Waals surface area contributed by atoms with E-state index in [0.717, 1.165) is 0 Å². The van der Waals surface area contributed by atoms with Crippen LogP contribution >= 0.6 is 23.2 Å². The molecule has 1 N–H and O–H groups in total. The summed E-state index contributed by atoms with van der Waals surface area (Å²) in [6.45, 7) is -0.533. The molecule has 0 heterocycles. The van der Waals surface area contributed by atoms with Crippen molar-refractivity contribution in [1.29, 1.82) is 5.26 Å². The molecule has 4 nitrogen and oxygen atoms in total. The third-order valence-electron chi connectivity index (χ3n) is 4.43. The van der Waals surface area contributed by atoms with Crippen LogP contribution in [0.5, 0.6) is 0 Å². The van der Waals surface area contributed by atoms with Gasteiger partial charge in [0.1, 0.15) is 5.41 Å². The van der Waals surface area contributed by atoms with E-state index >= 15 is 0 Å². The van der Waals surface area contributed by atoms with Crippen molar-refractivity contribution in [3.8, 4) is 6.07 Å². The third-order valence-corrected chi connectivity index (χ3v) is 7.23. The molecule has 0 amide bonds. The molecule has 2 aromatic carbocycles. The normalized spacial score (nSPS) is 25.9. The van der Waals surface area contributed by atoms with Crippen LogP contribution in [0.4, 0.5) is 0 Å². The number of aliphatic hydroxyl groups excluding tert-OH is 1. The van der Waals surface area contributed by atoms with Crippen LogP contribution in [0.3, 0.4) is 0 Å². The highest BCUT2D eigenvalue weighted by atomic mass is 35.5. The molecule has 0 radical (unpaired) electrons. The summed E-state index contributed by atoms with van der Waals surface area (Å²) in [6.07, 6.45) is 0. The van der Waals surface area contributed by atoms with Crippen molar-refractivity contribution in [3.05, 3.63) is 64.1 Å². The van der Waals surface area contributed by atoms with Gasteiger partial charge in [0.25, 0.3) is 0 Å². The topological polar surface area (TPSA) is 78.2 Å². The number of sulfone groups is 1.